The Morgan fingerprint density at radius 3 is 2.70 bits per heavy atom. The summed E-state index contributed by atoms with van der Waals surface area (Å²) in [6.07, 6.45) is 2.55. The molecule has 1 fully saturated rings. The van der Waals surface area contributed by atoms with Crippen LogP contribution in [0, 0.1) is 13.8 Å². The molecule has 5 aromatic rings. The van der Waals surface area contributed by atoms with Crippen molar-refractivity contribution in [1.29, 1.82) is 0 Å². The molecule has 1 N–H and O–H groups in total. The number of morpholine rings is 1. The number of ether oxygens (including phenoxy) is 3. The maximum absolute atomic E-state index is 6.31. The van der Waals surface area contributed by atoms with E-state index in [-0.39, 0.29) is 0 Å². The van der Waals surface area contributed by atoms with Crippen LogP contribution in [0.2, 0.25) is 0 Å². The Labute approximate surface area is 233 Å². The van der Waals surface area contributed by atoms with Crippen molar-refractivity contribution >= 4 is 33.3 Å². The average Bonchev–Trinajstić information content (AvgIpc) is 2.98. The lowest BCUT2D eigenvalue weighted by atomic mass is 10.1. The highest BCUT2D eigenvalue weighted by atomic mass is 16.5. The van der Waals surface area contributed by atoms with Gasteiger partial charge in [-0.1, -0.05) is 18.2 Å². The molecule has 1 aliphatic heterocycles. The quantitative estimate of drug-likeness (QED) is 0.216. The second kappa shape index (κ2) is 11.9. The van der Waals surface area contributed by atoms with Crippen LogP contribution in [0.25, 0.3) is 21.8 Å². The number of nitrogens with zero attached hydrogens (tertiary/aromatic N) is 4. The molecule has 3 heterocycles. The Morgan fingerprint density at radius 2 is 1.82 bits per heavy atom. The number of rotatable bonds is 9. The van der Waals surface area contributed by atoms with E-state index in [4.69, 9.17) is 14.2 Å². The summed E-state index contributed by atoms with van der Waals surface area (Å²) >= 11 is 0. The van der Waals surface area contributed by atoms with Crippen LogP contribution < -0.4 is 14.8 Å². The van der Waals surface area contributed by atoms with E-state index in [0.717, 1.165) is 101 Å². The van der Waals surface area contributed by atoms with Crippen LogP contribution in [0.15, 0.2) is 73.1 Å². The van der Waals surface area contributed by atoms with Crippen molar-refractivity contribution < 1.29 is 14.2 Å². The van der Waals surface area contributed by atoms with Gasteiger partial charge in [0.2, 0.25) is 0 Å². The predicted molar refractivity (Wildman–Crippen MR) is 158 cm³/mol. The van der Waals surface area contributed by atoms with Gasteiger partial charge in [-0.25, -0.2) is 15.0 Å². The molecule has 8 heteroatoms. The lowest BCUT2D eigenvalue weighted by molar-refractivity contribution is 0.0358. The first kappa shape index (κ1) is 26.0. The van der Waals surface area contributed by atoms with Crippen molar-refractivity contribution in [3.63, 3.8) is 0 Å². The second-order valence-corrected chi connectivity index (χ2v) is 10.0. The first-order chi connectivity index (χ1) is 19.6. The molecule has 2 aromatic heterocycles. The Balaban J connectivity index is 1.15. The smallest absolute Gasteiger partial charge is 0.153 e. The summed E-state index contributed by atoms with van der Waals surface area (Å²) in [6, 6.07) is 22.0. The molecule has 0 bridgehead atoms. The lowest BCUT2D eigenvalue weighted by Gasteiger charge is -2.26. The van der Waals surface area contributed by atoms with Crippen molar-refractivity contribution in [3.05, 3.63) is 84.3 Å². The van der Waals surface area contributed by atoms with Crippen LogP contribution in [-0.4, -0.2) is 59.3 Å². The van der Waals surface area contributed by atoms with Gasteiger partial charge in [-0.05, 0) is 74.4 Å². The van der Waals surface area contributed by atoms with E-state index in [9.17, 15) is 0 Å². The maximum Gasteiger partial charge on any atom is 0.153 e. The fourth-order valence-electron chi connectivity index (χ4n) is 4.92. The number of para-hydroxylation sites is 1. The van der Waals surface area contributed by atoms with E-state index in [1.54, 1.807) is 6.33 Å². The number of benzene rings is 3. The molecule has 0 aliphatic carbocycles. The van der Waals surface area contributed by atoms with E-state index in [2.05, 4.69) is 37.3 Å². The van der Waals surface area contributed by atoms with Gasteiger partial charge >= 0.3 is 0 Å². The number of fused-ring (bicyclic) bond motifs is 2. The van der Waals surface area contributed by atoms with Crippen LogP contribution in [0.4, 0.5) is 11.5 Å². The van der Waals surface area contributed by atoms with Crippen molar-refractivity contribution in [3.8, 4) is 17.2 Å². The van der Waals surface area contributed by atoms with Crippen LogP contribution in [0.3, 0.4) is 0 Å². The minimum Gasteiger partial charge on any atom is -0.494 e. The number of aromatic nitrogens is 3. The SMILES string of the molecule is Cc1ccc2cccc(Oc3ccc(Nc4ncnc5ccc(OCCCN6CCOCC6)cc45)cc3C)c2n1. The first-order valence-electron chi connectivity index (χ1n) is 13.7. The molecule has 0 amide bonds. The first-order valence-corrected chi connectivity index (χ1v) is 13.7. The summed E-state index contributed by atoms with van der Waals surface area (Å²) in [5, 5.41) is 5.42. The summed E-state index contributed by atoms with van der Waals surface area (Å²) in [5.41, 5.74) is 4.58. The Morgan fingerprint density at radius 1 is 0.925 bits per heavy atom. The number of hydrogen-bond acceptors (Lipinski definition) is 8. The minimum atomic E-state index is 0.658. The topological polar surface area (TPSA) is 81.6 Å². The van der Waals surface area contributed by atoms with Gasteiger partial charge in [0.15, 0.2) is 5.75 Å². The molecule has 0 spiro atoms. The highest BCUT2D eigenvalue weighted by Crippen LogP contribution is 2.33. The summed E-state index contributed by atoms with van der Waals surface area (Å²) in [6.45, 7) is 9.32. The fraction of sp³-hybridized carbons (Fsp3) is 0.281. The number of hydrogen-bond donors (Lipinski definition) is 1. The van der Waals surface area contributed by atoms with Crippen molar-refractivity contribution in [1.82, 2.24) is 19.9 Å². The third kappa shape index (κ3) is 5.98. The molecular weight excluding hydrogens is 502 g/mol. The highest BCUT2D eigenvalue weighted by molar-refractivity contribution is 5.91. The number of anilines is 2. The van der Waals surface area contributed by atoms with E-state index in [0.29, 0.717) is 6.61 Å². The molecule has 1 saturated heterocycles. The number of aryl methyl sites for hydroxylation is 2. The van der Waals surface area contributed by atoms with E-state index in [1.807, 2.05) is 68.4 Å². The van der Waals surface area contributed by atoms with Gasteiger partial charge in [-0.2, -0.15) is 0 Å². The molecule has 0 atom stereocenters. The van der Waals surface area contributed by atoms with Gasteiger partial charge in [0, 0.05) is 41.8 Å². The standard InChI is InChI=1S/C32H33N5O3/c1-22-19-25(9-12-29(22)40-30-6-3-5-24-8-7-23(2)35-31(24)30)36-32-27-20-26(10-11-28(27)33-21-34-32)39-16-4-13-37-14-17-38-18-15-37/h3,5-12,19-21H,4,13-18H2,1-2H3,(H,33,34,36). The Kier molecular flexibility index (Phi) is 7.70. The Bertz CT molecular complexity index is 1630. The zero-order valence-electron chi connectivity index (χ0n) is 22.9. The second-order valence-electron chi connectivity index (χ2n) is 10.0. The monoisotopic (exact) mass is 535 g/mol. The Hall–Kier alpha value is -4.27. The maximum atomic E-state index is 6.31. The highest BCUT2D eigenvalue weighted by Gasteiger charge is 2.12. The van der Waals surface area contributed by atoms with Crippen LogP contribution in [0.1, 0.15) is 17.7 Å². The van der Waals surface area contributed by atoms with Gasteiger partial charge < -0.3 is 19.5 Å². The van der Waals surface area contributed by atoms with Gasteiger partial charge in [-0.3, -0.25) is 4.90 Å². The molecule has 6 rings (SSSR count). The molecule has 204 valence electrons. The molecule has 0 saturated carbocycles. The molecule has 0 radical (unpaired) electrons. The zero-order valence-corrected chi connectivity index (χ0v) is 22.9. The molecule has 40 heavy (non-hydrogen) atoms. The molecule has 1 aliphatic rings. The molecule has 8 nitrogen and oxygen atoms in total. The average molecular weight is 536 g/mol. The zero-order chi connectivity index (χ0) is 27.3. The van der Waals surface area contributed by atoms with Crippen LogP contribution in [0.5, 0.6) is 17.2 Å². The van der Waals surface area contributed by atoms with E-state index in [1.165, 1.54) is 0 Å². The van der Waals surface area contributed by atoms with Crippen molar-refractivity contribution in [2.75, 3.05) is 44.8 Å². The predicted octanol–water partition coefficient (Wildman–Crippen LogP) is 6.43. The number of nitrogens with one attached hydrogen (secondary N) is 1. The normalized spacial score (nSPS) is 13.9. The largest absolute Gasteiger partial charge is 0.494 e. The third-order valence-electron chi connectivity index (χ3n) is 7.08. The van der Waals surface area contributed by atoms with Gasteiger partial charge in [0.05, 0.1) is 25.3 Å². The summed E-state index contributed by atoms with van der Waals surface area (Å²) in [7, 11) is 0. The van der Waals surface area contributed by atoms with Gasteiger partial charge in [0.1, 0.15) is 29.2 Å². The number of pyridine rings is 1. The molecule has 3 aromatic carbocycles. The van der Waals surface area contributed by atoms with Crippen molar-refractivity contribution in [2.45, 2.75) is 20.3 Å². The van der Waals surface area contributed by atoms with Gasteiger partial charge in [0.25, 0.3) is 0 Å². The summed E-state index contributed by atoms with van der Waals surface area (Å²) in [5.74, 6) is 3.06. The summed E-state index contributed by atoms with van der Waals surface area (Å²) in [4.78, 5) is 16.1. The molecule has 0 unspecified atom stereocenters. The summed E-state index contributed by atoms with van der Waals surface area (Å²) < 4.78 is 17.8. The fourth-order valence-corrected chi connectivity index (χ4v) is 4.92. The van der Waals surface area contributed by atoms with E-state index < -0.39 is 0 Å². The lowest BCUT2D eigenvalue weighted by Crippen LogP contribution is -2.37. The van der Waals surface area contributed by atoms with E-state index >= 15 is 0 Å². The molecular formula is C32H33N5O3. The van der Waals surface area contributed by atoms with Gasteiger partial charge in [-0.15, -0.1) is 0 Å². The van der Waals surface area contributed by atoms with Crippen LogP contribution in [-0.2, 0) is 4.74 Å². The minimum absolute atomic E-state index is 0.658. The van der Waals surface area contributed by atoms with Crippen LogP contribution >= 0.6 is 0 Å². The van der Waals surface area contributed by atoms with Crippen molar-refractivity contribution in [2.24, 2.45) is 0 Å². The third-order valence-corrected chi connectivity index (χ3v) is 7.08.